The van der Waals surface area contributed by atoms with Crippen molar-refractivity contribution < 1.29 is 0 Å². The topological polar surface area (TPSA) is 12.9 Å². The van der Waals surface area contributed by atoms with Gasteiger partial charge in [-0.15, -0.1) is 0 Å². The zero-order valence-corrected chi connectivity index (χ0v) is 9.20. The van der Waals surface area contributed by atoms with Gasteiger partial charge in [-0.1, -0.05) is 37.3 Å². The summed E-state index contributed by atoms with van der Waals surface area (Å²) in [6.45, 7) is 4.30. The third-order valence-electron chi connectivity index (χ3n) is 2.67. The molecule has 0 atom stereocenters. The summed E-state index contributed by atoms with van der Waals surface area (Å²) < 4.78 is 0. The molecule has 0 bridgehead atoms. The lowest BCUT2D eigenvalue weighted by molar-refractivity contribution is 1.07. The number of nitrogens with zero attached hydrogens (tertiary/aromatic N) is 1. The lowest BCUT2D eigenvalue weighted by Crippen LogP contribution is -1.91. The molecule has 0 saturated carbocycles. The fourth-order valence-electron chi connectivity index (χ4n) is 1.72. The number of hydrogen-bond acceptors (Lipinski definition) is 1. The number of benzene rings is 1. The minimum Gasteiger partial charge on any atom is -0.256 e. The maximum Gasteiger partial charge on any atom is 0.0704 e. The summed E-state index contributed by atoms with van der Waals surface area (Å²) >= 11 is 0. The molecule has 0 fully saturated rings. The van der Waals surface area contributed by atoms with Gasteiger partial charge in [0.1, 0.15) is 0 Å². The Labute approximate surface area is 90.8 Å². The second-order valence-corrected chi connectivity index (χ2v) is 3.72. The first-order chi connectivity index (χ1) is 7.31. The Bertz CT molecular complexity index is 446. The van der Waals surface area contributed by atoms with Gasteiger partial charge >= 0.3 is 0 Å². The van der Waals surface area contributed by atoms with Gasteiger partial charge in [-0.2, -0.15) is 0 Å². The highest BCUT2D eigenvalue weighted by molar-refractivity contribution is 5.59. The first kappa shape index (κ1) is 9.91. The third kappa shape index (κ3) is 2.07. The van der Waals surface area contributed by atoms with Gasteiger partial charge in [-0.05, 0) is 30.5 Å². The van der Waals surface area contributed by atoms with E-state index in [0.29, 0.717) is 0 Å². The van der Waals surface area contributed by atoms with Crippen LogP contribution in [0.5, 0.6) is 0 Å². The summed E-state index contributed by atoms with van der Waals surface area (Å²) in [7, 11) is 0. The van der Waals surface area contributed by atoms with E-state index in [1.165, 1.54) is 16.7 Å². The number of rotatable bonds is 2. The largest absolute Gasteiger partial charge is 0.256 e. The molecule has 1 aromatic carbocycles. The highest BCUT2D eigenvalue weighted by atomic mass is 14.7. The van der Waals surface area contributed by atoms with Crippen molar-refractivity contribution in [1.29, 1.82) is 0 Å². The van der Waals surface area contributed by atoms with Crippen LogP contribution in [0.3, 0.4) is 0 Å². The van der Waals surface area contributed by atoms with Crippen molar-refractivity contribution in [1.82, 2.24) is 4.98 Å². The van der Waals surface area contributed by atoms with Gasteiger partial charge in [-0.25, -0.2) is 0 Å². The van der Waals surface area contributed by atoms with E-state index in [2.05, 4.69) is 37.0 Å². The van der Waals surface area contributed by atoms with Crippen molar-refractivity contribution in [2.75, 3.05) is 0 Å². The minimum absolute atomic E-state index is 1.05. The second-order valence-electron chi connectivity index (χ2n) is 3.72. The Balaban J connectivity index is 2.43. The standard InChI is InChI=1S/C14H15N/c1-3-12-10-15-14(9-11(12)2)13-7-5-4-6-8-13/h4-10H,3H2,1-2H3. The Hall–Kier alpha value is -1.63. The highest BCUT2D eigenvalue weighted by Gasteiger charge is 2.01. The van der Waals surface area contributed by atoms with E-state index in [0.717, 1.165) is 12.1 Å². The molecule has 0 unspecified atom stereocenters. The summed E-state index contributed by atoms with van der Waals surface area (Å²) in [5, 5.41) is 0. The normalized spacial score (nSPS) is 10.3. The Kier molecular flexibility index (Phi) is 2.82. The van der Waals surface area contributed by atoms with Crippen molar-refractivity contribution in [3.05, 3.63) is 53.7 Å². The molecule has 0 amide bonds. The molecule has 76 valence electrons. The molecule has 0 N–H and O–H groups in total. The maximum atomic E-state index is 4.48. The SMILES string of the molecule is CCc1cnc(-c2ccccc2)cc1C. The minimum atomic E-state index is 1.05. The maximum absolute atomic E-state index is 4.48. The van der Waals surface area contributed by atoms with Crippen LogP contribution < -0.4 is 0 Å². The van der Waals surface area contributed by atoms with Gasteiger partial charge in [0.2, 0.25) is 0 Å². The molecule has 0 aliphatic carbocycles. The molecule has 2 aromatic rings. The van der Waals surface area contributed by atoms with Gasteiger partial charge in [0, 0.05) is 11.8 Å². The summed E-state index contributed by atoms with van der Waals surface area (Å²) in [6, 6.07) is 12.5. The molecule has 2 rings (SSSR count). The third-order valence-corrected chi connectivity index (χ3v) is 2.67. The molecule has 1 aromatic heterocycles. The molecule has 0 spiro atoms. The van der Waals surface area contributed by atoms with E-state index in [-0.39, 0.29) is 0 Å². The van der Waals surface area contributed by atoms with Gasteiger partial charge < -0.3 is 0 Å². The number of hydrogen-bond donors (Lipinski definition) is 0. The van der Waals surface area contributed by atoms with E-state index >= 15 is 0 Å². The highest BCUT2D eigenvalue weighted by Crippen LogP contribution is 2.19. The molecule has 1 nitrogen and oxygen atoms in total. The lowest BCUT2D eigenvalue weighted by Gasteiger charge is -2.05. The van der Waals surface area contributed by atoms with E-state index < -0.39 is 0 Å². The lowest BCUT2D eigenvalue weighted by atomic mass is 10.1. The van der Waals surface area contributed by atoms with Crippen LogP contribution in [-0.4, -0.2) is 4.98 Å². The van der Waals surface area contributed by atoms with Crippen molar-refractivity contribution in [2.24, 2.45) is 0 Å². The van der Waals surface area contributed by atoms with Crippen LogP contribution in [0.1, 0.15) is 18.1 Å². The van der Waals surface area contributed by atoms with Crippen LogP contribution in [0.15, 0.2) is 42.6 Å². The molecule has 15 heavy (non-hydrogen) atoms. The summed E-state index contributed by atoms with van der Waals surface area (Å²) in [5.74, 6) is 0. The van der Waals surface area contributed by atoms with Gasteiger partial charge in [0.05, 0.1) is 5.69 Å². The molecule has 1 heteroatoms. The fourth-order valence-corrected chi connectivity index (χ4v) is 1.72. The summed E-state index contributed by atoms with van der Waals surface area (Å²) in [5.41, 5.74) is 4.90. The molecular weight excluding hydrogens is 182 g/mol. The van der Waals surface area contributed by atoms with Crippen molar-refractivity contribution in [3.8, 4) is 11.3 Å². The van der Waals surface area contributed by atoms with Gasteiger partial charge in [0.15, 0.2) is 0 Å². The van der Waals surface area contributed by atoms with Crippen LogP contribution in [0, 0.1) is 6.92 Å². The zero-order chi connectivity index (χ0) is 10.7. The fraction of sp³-hybridized carbons (Fsp3) is 0.214. The first-order valence-corrected chi connectivity index (χ1v) is 5.32. The Morgan fingerprint density at radius 3 is 2.47 bits per heavy atom. The monoisotopic (exact) mass is 197 g/mol. The molecule has 0 saturated heterocycles. The Morgan fingerprint density at radius 1 is 1.13 bits per heavy atom. The predicted octanol–water partition coefficient (Wildman–Crippen LogP) is 3.62. The van der Waals surface area contributed by atoms with E-state index in [4.69, 9.17) is 0 Å². The van der Waals surface area contributed by atoms with Crippen molar-refractivity contribution in [2.45, 2.75) is 20.3 Å². The van der Waals surface area contributed by atoms with Crippen molar-refractivity contribution in [3.63, 3.8) is 0 Å². The predicted molar refractivity (Wildman–Crippen MR) is 63.8 cm³/mol. The first-order valence-electron chi connectivity index (χ1n) is 5.32. The molecule has 0 radical (unpaired) electrons. The van der Waals surface area contributed by atoms with Crippen LogP contribution in [0.2, 0.25) is 0 Å². The van der Waals surface area contributed by atoms with Crippen LogP contribution in [0.25, 0.3) is 11.3 Å². The quantitative estimate of drug-likeness (QED) is 0.716. The van der Waals surface area contributed by atoms with Crippen LogP contribution >= 0.6 is 0 Å². The van der Waals surface area contributed by atoms with Gasteiger partial charge in [-0.3, -0.25) is 4.98 Å². The van der Waals surface area contributed by atoms with E-state index in [1.54, 1.807) is 0 Å². The second kappa shape index (κ2) is 4.26. The number of aryl methyl sites for hydroxylation is 2. The van der Waals surface area contributed by atoms with Gasteiger partial charge in [0.25, 0.3) is 0 Å². The molecule has 0 aliphatic heterocycles. The average molecular weight is 197 g/mol. The van der Waals surface area contributed by atoms with Crippen LogP contribution in [0.4, 0.5) is 0 Å². The Morgan fingerprint density at radius 2 is 1.87 bits per heavy atom. The van der Waals surface area contributed by atoms with Crippen molar-refractivity contribution >= 4 is 0 Å². The smallest absolute Gasteiger partial charge is 0.0704 e. The number of pyridine rings is 1. The molecule has 1 heterocycles. The zero-order valence-electron chi connectivity index (χ0n) is 9.20. The molecular formula is C14H15N. The summed E-state index contributed by atoms with van der Waals surface area (Å²) in [6.07, 6.45) is 3.03. The summed E-state index contributed by atoms with van der Waals surface area (Å²) in [4.78, 5) is 4.48. The average Bonchev–Trinajstić information content (AvgIpc) is 2.30. The molecule has 0 aliphatic rings. The van der Waals surface area contributed by atoms with E-state index in [1.807, 2.05) is 24.4 Å². The van der Waals surface area contributed by atoms with E-state index in [9.17, 15) is 0 Å². The number of aromatic nitrogens is 1. The van der Waals surface area contributed by atoms with Crippen LogP contribution in [-0.2, 0) is 6.42 Å².